The topological polar surface area (TPSA) is 63.5 Å². The first-order chi connectivity index (χ1) is 14.0. The summed E-state index contributed by atoms with van der Waals surface area (Å²) in [6.45, 7) is 7.40. The molecule has 0 unspecified atom stereocenters. The number of hydrogen-bond acceptors (Lipinski definition) is 3. The van der Waals surface area contributed by atoms with E-state index in [2.05, 4.69) is 64.9 Å². The number of hydrogen-bond donors (Lipinski definition) is 2. The zero-order chi connectivity index (χ0) is 20.8. The van der Waals surface area contributed by atoms with Crippen LogP contribution in [0.5, 0.6) is 5.75 Å². The Labute approximate surface area is 195 Å². The Bertz CT molecular complexity index is 1010. The maximum absolute atomic E-state index is 5.49. The quantitative estimate of drug-likeness (QED) is 0.290. The van der Waals surface area contributed by atoms with Crippen LogP contribution in [0.25, 0.3) is 5.69 Å². The molecule has 0 aliphatic rings. The predicted molar refractivity (Wildman–Crippen MR) is 133 cm³/mol. The molecule has 2 N–H and O–H groups in total. The van der Waals surface area contributed by atoms with Crippen molar-refractivity contribution in [2.45, 2.75) is 33.9 Å². The van der Waals surface area contributed by atoms with Gasteiger partial charge < -0.3 is 15.4 Å². The first kappa shape index (κ1) is 23.7. The van der Waals surface area contributed by atoms with Gasteiger partial charge in [0, 0.05) is 31.4 Å². The molecule has 0 saturated carbocycles. The van der Waals surface area contributed by atoms with E-state index >= 15 is 0 Å². The van der Waals surface area contributed by atoms with Gasteiger partial charge in [-0.1, -0.05) is 30.3 Å². The average Bonchev–Trinajstić information content (AvgIpc) is 3.06. The van der Waals surface area contributed by atoms with E-state index in [0.717, 1.165) is 39.9 Å². The van der Waals surface area contributed by atoms with Crippen molar-refractivity contribution in [2.24, 2.45) is 4.99 Å². The number of methoxy groups -OCH3 is 1. The third-order valence-corrected chi connectivity index (χ3v) is 4.79. The van der Waals surface area contributed by atoms with Crippen molar-refractivity contribution < 1.29 is 4.74 Å². The zero-order valence-corrected chi connectivity index (χ0v) is 20.5. The van der Waals surface area contributed by atoms with E-state index in [1.54, 1.807) is 14.2 Å². The third-order valence-electron chi connectivity index (χ3n) is 4.79. The second-order valence-corrected chi connectivity index (χ2v) is 7.06. The number of aliphatic imine (C=N–C) groups is 1. The number of ether oxygens (including phenoxy) is 1. The Morgan fingerprint density at radius 3 is 2.33 bits per heavy atom. The van der Waals surface area contributed by atoms with Crippen LogP contribution in [-0.4, -0.2) is 29.9 Å². The van der Waals surface area contributed by atoms with Gasteiger partial charge in [-0.3, -0.25) is 4.99 Å². The van der Waals surface area contributed by atoms with Gasteiger partial charge in [0.15, 0.2) is 5.96 Å². The number of nitrogens with one attached hydrogen (secondary N) is 2. The van der Waals surface area contributed by atoms with Crippen LogP contribution in [-0.2, 0) is 13.1 Å². The largest absolute Gasteiger partial charge is 0.496 e. The number of nitrogens with zero attached hydrogens (tertiary/aromatic N) is 3. The lowest BCUT2D eigenvalue weighted by Gasteiger charge is -2.16. The number of aryl methyl sites for hydroxylation is 3. The second kappa shape index (κ2) is 11.0. The summed E-state index contributed by atoms with van der Waals surface area (Å²) in [7, 11) is 3.47. The number of benzene rings is 2. The molecule has 0 fully saturated rings. The molecule has 1 heterocycles. The van der Waals surface area contributed by atoms with E-state index < -0.39 is 0 Å². The van der Waals surface area contributed by atoms with Crippen molar-refractivity contribution >= 4 is 29.9 Å². The standard InChI is InChI=1S/C23H29N5O.HI/c1-16-10-11-20(22(12-16)29-5)15-26-23(24-4)25-14-19-8-6-7-9-21(19)28-18(3)13-17(2)27-28;/h6-13H,14-15H2,1-5H3,(H2,24,25,26);1H. The van der Waals surface area contributed by atoms with Gasteiger partial charge in [0.2, 0.25) is 0 Å². The van der Waals surface area contributed by atoms with Crippen LogP contribution in [0.15, 0.2) is 53.5 Å². The maximum Gasteiger partial charge on any atom is 0.191 e. The fraction of sp³-hybridized carbons (Fsp3) is 0.304. The molecule has 2 aromatic carbocycles. The lowest BCUT2D eigenvalue weighted by atomic mass is 10.1. The van der Waals surface area contributed by atoms with E-state index in [4.69, 9.17) is 4.74 Å². The molecule has 0 radical (unpaired) electrons. The molecule has 30 heavy (non-hydrogen) atoms. The van der Waals surface area contributed by atoms with Gasteiger partial charge >= 0.3 is 0 Å². The van der Waals surface area contributed by atoms with Crippen molar-refractivity contribution in [3.63, 3.8) is 0 Å². The highest BCUT2D eigenvalue weighted by molar-refractivity contribution is 14.0. The summed E-state index contributed by atoms with van der Waals surface area (Å²) in [5, 5.41) is 11.4. The first-order valence-electron chi connectivity index (χ1n) is 9.71. The van der Waals surface area contributed by atoms with Crippen LogP contribution in [0, 0.1) is 20.8 Å². The fourth-order valence-corrected chi connectivity index (χ4v) is 3.32. The normalized spacial score (nSPS) is 11.0. The van der Waals surface area contributed by atoms with Gasteiger partial charge in [-0.05, 0) is 50.1 Å². The van der Waals surface area contributed by atoms with Gasteiger partial charge in [-0.15, -0.1) is 24.0 Å². The molecule has 160 valence electrons. The van der Waals surface area contributed by atoms with Crippen LogP contribution < -0.4 is 15.4 Å². The van der Waals surface area contributed by atoms with E-state index in [0.29, 0.717) is 13.1 Å². The van der Waals surface area contributed by atoms with Gasteiger partial charge in [0.1, 0.15) is 5.75 Å². The summed E-state index contributed by atoms with van der Waals surface area (Å²) in [5.74, 6) is 1.61. The molecule has 0 atom stereocenters. The molecule has 0 aliphatic heterocycles. The zero-order valence-electron chi connectivity index (χ0n) is 18.2. The van der Waals surface area contributed by atoms with Crippen molar-refractivity contribution in [3.05, 3.63) is 76.6 Å². The summed E-state index contributed by atoms with van der Waals surface area (Å²) in [6, 6.07) is 16.6. The van der Waals surface area contributed by atoms with E-state index in [1.165, 1.54) is 5.56 Å². The van der Waals surface area contributed by atoms with Crippen molar-refractivity contribution in [1.29, 1.82) is 0 Å². The highest BCUT2D eigenvalue weighted by Gasteiger charge is 2.10. The molecular weight excluding hydrogens is 489 g/mol. The molecule has 0 bridgehead atoms. The highest BCUT2D eigenvalue weighted by atomic mass is 127. The van der Waals surface area contributed by atoms with Crippen molar-refractivity contribution in [3.8, 4) is 11.4 Å². The summed E-state index contributed by atoms with van der Waals surface area (Å²) in [5.41, 5.74) is 6.60. The summed E-state index contributed by atoms with van der Waals surface area (Å²) < 4.78 is 7.48. The van der Waals surface area contributed by atoms with Crippen LogP contribution in [0.1, 0.15) is 28.1 Å². The lowest BCUT2D eigenvalue weighted by molar-refractivity contribution is 0.408. The Kier molecular flexibility index (Phi) is 8.71. The highest BCUT2D eigenvalue weighted by Crippen LogP contribution is 2.20. The van der Waals surface area contributed by atoms with Gasteiger partial charge in [0.25, 0.3) is 0 Å². The van der Waals surface area contributed by atoms with E-state index in [-0.39, 0.29) is 24.0 Å². The fourth-order valence-electron chi connectivity index (χ4n) is 3.32. The first-order valence-corrected chi connectivity index (χ1v) is 9.71. The monoisotopic (exact) mass is 519 g/mol. The van der Waals surface area contributed by atoms with Crippen molar-refractivity contribution in [1.82, 2.24) is 20.4 Å². The second-order valence-electron chi connectivity index (χ2n) is 7.06. The molecule has 0 spiro atoms. The number of rotatable bonds is 6. The summed E-state index contributed by atoms with van der Waals surface area (Å²) in [6.07, 6.45) is 0. The molecule has 3 rings (SSSR count). The third kappa shape index (κ3) is 5.75. The average molecular weight is 519 g/mol. The van der Waals surface area contributed by atoms with Crippen molar-refractivity contribution in [2.75, 3.05) is 14.2 Å². The number of aromatic nitrogens is 2. The predicted octanol–water partition coefficient (Wildman–Crippen LogP) is 4.29. The lowest BCUT2D eigenvalue weighted by Crippen LogP contribution is -2.36. The molecular formula is C23H30IN5O. The van der Waals surface area contributed by atoms with Gasteiger partial charge in [0.05, 0.1) is 18.5 Å². The minimum atomic E-state index is 0. The Morgan fingerprint density at radius 1 is 1.00 bits per heavy atom. The molecule has 0 aliphatic carbocycles. The van der Waals surface area contributed by atoms with Crippen LogP contribution >= 0.6 is 24.0 Å². The molecule has 1 aromatic heterocycles. The Hall–Kier alpha value is -2.55. The number of halogens is 1. The van der Waals surface area contributed by atoms with Crippen LogP contribution in [0.3, 0.4) is 0 Å². The Morgan fingerprint density at radius 2 is 1.70 bits per heavy atom. The van der Waals surface area contributed by atoms with E-state index in [1.807, 2.05) is 29.8 Å². The number of guanidine groups is 1. The van der Waals surface area contributed by atoms with Crippen LogP contribution in [0.2, 0.25) is 0 Å². The van der Waals surface area contributed by atoms with Crippen LogP contribution in [0.4, 0.5) is 0 Å². The van der Waals surface area contributed by atoms with Gasteiger partial charge in [-0.25, -0.2) is 4.68 Å². The summed E-state index contributed by atoms with van der Waals surface area (Å²) >= 11 is 0. The molecule has 0 saturated heterocycles. The van der Waals surface area contributed by atoms with Gasteiger partial charge in [-0.2, -0.15) is 5.10 Å². The Balaban J connectivity index is 0.00000320. The summed E-state index contributed by atoms with van der Waals surface area (Å²) in [4.78, 5) is 4.35. The SMILES string of the molecule is CN=C(NCc1ccc(C)cc1OC)NCc1ccccc1-n1nc(C)cc1C.I. The smallest absolute Gasteiger partial charge is 0.191 e. The molecule has 3 aromatic rings. The molecule has 0 amide bonds. The minimum Gasteiger partial charge on any atom is -0.496 e. The van der Waals surface area contributed by atoms with E-state index in [9.17, 15) is 0 Å². The maximum atomic E-state index is 5.49. The molecule has 6 nitrogen and oxygen atoms in total. The molecule has 7 heteroatoms. The number of para-hydroxylation sites is 1. The minimum absolute atomic E-state index is 0.